The molecule has 0 aromatic heterocycles. The van der Waals surface area contributed by atoms with Gasteiger partial charge in [-0.05, 0) is 49.2 Å². The van der Waals surface area contributed by atoms with E-state index in [0.29, 0.717) is 69.7 Å². The molecule has 0 atom stereocenters. The third kappa shape index (κ3) is 5.38. The monoisotopic (exact) mass is 526 g/mol. The Bertz CT molecular complexity index is 1120. The molecule has 0 aliphatic carbocycles. The fourth-order valence-electron chi connectivity index (χ4n) is 5.29. The number of morpholine rings is 1. The normalized spacial score (nSPS) is 19.4. The summed E-state index contributed by atoms with van der Waals surface area (Å²) in [4.78, 5) is 46.9. The van der Waals surface area contributed by atoms with Gasteiger partial charge in [0.1, 0.15) is 17.8 Å². The number of ether oxygens (including phenoxy) is 2. The van der Waals surface area contributed by atoms with Crippen LogP contribution >= 0.6 is 11.6 Å². The lowest BCUT2D eigenvalue weighted by molar-refractivity contribution is -0.144. The summed E-state index contributed by atoms with van der Waals surface area (Å²) in [7, 11) is 0. The van der Waals surface area contributed by atoms with Gasteiger partial charge in [-0.3, -0.25) is 14.4 Å². The topological polar surface area (TPSA) is 82.6 Å². The van der Waals surface area contributed by atoms with Crippen LogP contribution in [0.25, 0.3) is 0 Å². The van der Waals surface area contributed by atoms with Crippen molar-refractivity contribution < 1.29 is 23.9 Å². The molecule has 3 aliphatic heterocycles. The average molecular weight is 527 g/mol. The molecule has 10 heteroatoms. The molecule has 3 saturated heterocycles. The zero-order valence-corrected chi connectivity index (χ0v) is 21.4. The van der Waals surface area contributed by atoms with Gasteiger partial charge in [-0.25, -0.2) is 0 Å². The van der Waals surface area contributed by atoms with Gasteiger partial charge >= 0.3 is 0 Å². The van der Waals surface area contributed by atoms with E-state index in [9.17, 15) is 14.4 Å². The van der Waals surface area contributed by atoms with Crippen LogP contribution in [0, 0.1) is 0 Å². The van der Waals surface area contributed by atoms with Crippen LogP contribution in [0.5, 0.6) is 5.75 Å². The minimum absolute atomic E-state index is 0.0431. The smallest absolute Gasteiger partial charge is 0.260 e. The van der Waals surface area contributed by atoms with Crippen LogP contribution in [-0.4, -0.2) is 97.2 Å². The SMILES string of the molecule is O=C(COc1ccc(Cl)cc1)N1CCC2(CC1)C(=O)N(CC(=O)N1CCOCC1)CN2c1ccccc1. The first-order valence-electron chi connectivity index (χ1n) is 12.6. The molecule has 3 fully saturated rings. The van der Waals surface area contributed by atoms with Gasteiger partial charge in [0.2, 0.25) is 5.91 Å². The summed E-state index contributed by atoms with van der Waals surface area (Å²) in [5.41, 5.74) is 0.142. The zero-order valence-electron chi connectivity index (χ0n) is 20.7. The summed E-state index contributed by atoms with van der Waals surface area (Å²) >= 11 is 5.91. The number of hydrogen-bond donors (Lipinski definition) is 0. The molecule has 1 spiro atoms. The first kappa shape index (κ1) is 25.4. The summed E-state index contributed by atoms with van der Waals surface area (Å²) in [5, 5.41) is 0.602. The maximum atomic E-state index is 13.8. The standard InChI is InChI=1S/C27H31ClN4O5/c28-21-6-8-23(9-7-21)37-19-25(34)29-12-10-27(11-13-29)26(35)31(18-24(33)30-14-16-36-17-15-30)20-32(27)22-4-2-1-3-5-22/h1-9H,10-20H2. The van der Waals surface area contributed by atoms with Crippen molar-refractivity contribution >= 4 is 35.0 Å². The van der Waals surface area contributed by atoms with Gasteiger partial charge in [-0.2, -0.15) is 0 Å². The Hall–Kier alpha value is -3.30. The number of halogens is 1. The highest BCUT2D eigenvalue weighted by molar-refractivity contribution is 6.30. The number of carbonyl (C=O) groups is 3. The van der Waals surface area contributed by atoms with Crippen LogP contribution in [-0.2, 0) is 19.1 Å². The number of para-hydroxylation sites is 1. The predicted octanol–water partition coefficient (Wildman–Crippen LogP) is 2.25. The summed E-state index contributed by atoms with van der Waals surface area (Å²) < 4.78 is 11.0. The Balaban J connectivity index is 1.26. The van der Waals surface area contributed by atoms with Crippen molar-refractivity contribution in [2.24, 2.45) is 0 Å². The minimum atomic E-state index is -0.791. The maximum Gasteiger partial charge on any atom is 0.260 e. The third-order valence-corrected chi connectivity index (χ3v) is 7.64. The second kappa shape index (κ2) is 11.0. The van der Waals surface area contributed by atoms with Crippen molar-refractivity contribution in [1.29, 1.82) is 0 Å². The number of nitrogens with zero attached hydrogens (tertiary/aromatic N) is 4. The molecule has 37 heavy (non-hydrogen) atoms. The molecule has 0 saturated carbocycles. The Morgan fingerprint density at radius 3 is 2.22 bits per heavy atom. The van der Waals surface area contributed by atoms with E-state index in [0.717, 1.165) is 5.69 Å². The number of anilines is 1. The quantitative estimate of drug-likeness (QED) is 0.574. The van der Waals surface area contributed by atoms with Crippen molar-refractivity contribution in [3.8, 4) is 5.75 Å². The van der Waals surface area contributed by atoms with Crippen molar-refractivity contribution in [2.75, 3.05) is 64.1 Å². The van der Waals surface area contributed by atoms with Crippen molar-refractivity contribution in [3.63, 3.8) is 0 Å². The first-order valence-corrected chi connectivity index (χ1v) is 13.0. The van der Waals surface area contributed by atoms with E-state index in [4.69, 9.17) is 21.1 Å². The molecule has 196 valence electrons. The second-order valence-electron chi connectivity index (χ2n) is 9.56. The molecule has 0 unspecified atom stereocenters. The van der Waals surface area contributed by atoms with E-state index in [1.54, 1.807) is 39.0 Å². The zero-order chi connectivity index (χ0) is 25.8. The number of hydrogen-bond acceptors (Lipinski definition) is 6. The molecule has 0 N–H and O–H groups in total. The van der Waals surface area contributed by atoms with Crippen molar-refractivity contribution in [2.45, 2.75) is 18.4 Å². The summed E-state index contributed by atoms with van der Waals surface area (Å²) in [5.74, 6) is 0.338. The number of piperidine rings is 1. The first-order chi connectivity index (χ1) is 18.0. The van der Waals surface area contributed by atoms with Crippen LogP contribution in [0.15, 0.2) is 54.6 Å². The van der Waals surface area contributed by atoms with Crippen LogP contribution in [0.3, 0.4) is 0 Å². The fraction of sp³-hybridized carbons (Fsp3) is 0.444. The van der Waals surface area contributed by atoms with Crippen LogP contribution < -0.4 is 9.64 Å². The molecular formula is C27H31ClN4O5. The fourth-order valence-corrected chi connectivity index (χ4v) is 5.42. The number of rotatable bonds is 6. The highest BCUT2D eigenvalue weighted by Crippen LogP contribution is 2.39. The lowest BCUT2D eigenvalue weighted by Gasteiger charge is -2.43. The minimum Gasteiger partial charge on any atom is -0.484 e. The van der Waals surface area contributed by atoms with Crippen molar-refractivity contribution in [3.05, 3.63) is 59.6 Å². The Labute approximate surface area is 221 Å². The molecule has 3 heterocycles. The second-order valence-corrected chi connectivity index (χ2v) is 9.99. The predicted molar refractivity (Wildman–Crippen MR) is 138 cm³/mol. The highest BCUT2D eigenvalue weighted by atomic mass is 35.5. The van der Waals surface area contributed by atoms with Crippen LogP contribution in [0.2, 0.25) is 5.02 Å². The average Bonchev–Trinajstić information content (AvgIpc) is 3.20. The molecule has 5 rings (SSSR count). The molecule has 0 bridgehead atoms. The summed E-state index contributed by atoms with van der Waals surface area (Å²) in [6, 6.07) is 16.7. The Kier molecular flexibility index (Phi) is 7.53. The molecule has 3 amide bonds. The van der Waals surface area contributed by atoms with Gasteiger partial charge in [-0.15, -0.1) is 0 Å². The number of likely N-dealkylation sites (tertiary alicyclic amines) is 1. The Morgan fingerprint density at radius 1 is 0.892 bits per heavy atom. The van der Waals surface area contributed by atoms with E-state index < -0.39 is 5.54 Å². The number of carbonyl (C=O) groups excluding carboxylic acids is 3. The van der Waals surface area contributed by atoms with Crippen LogP contribution in [0.1, 0.15) is 12.8 Å². The van der Waals surface area contributed by atoms with Gasteiger partial charge in [0.25, 0.3) is 11.8 Å². The maximum absolute atomic E-state index is 13.8. The number of benzene rings is 2. The van der Waals surface area contributed by atoms with Gasteiger partial charge in [-0.1, -0.05) is 29.8 Å². The van der Waals surface area contributed by atoms with Gasteiger partial charge in [0.15, 0.2) is 6.61 Å². The molecule has 0 radical (unpaired) electrons. The summed E-state index contributed by atoms with van der Waals surface area (Å²) in [6.45, 7) is 3.30. The highest BCUT2D eigenvalue weighted by Gasteiger charge is 2.54. The largest absolute Gasteiger partial charge is 0.484 e. The van der Waals surface area contributed by atoms with E-state index in [-0.39, 0.29) is 30.9 Å². The molecular weight excluding hydrogens is 496 g/mol. The van der Waals surface area contributed by atoms with E-state index in [1.807, 2.05) is 30.3 Å². The summed E-state index contributed by atoms with van der Waals surface area (Å²) in [6.07, 6.45) is 0.964. The third-order valence-electron chi connectivity index (χ3n) is 7.39. The lowest BCUT2D eigenvalue weighted by Crippen LogP contribution is -2.58. The van der Waals surface area contributed by atoms with Gasteiger partial charge < -0.3 is 29.1 Å². The molecule has 3 aliphatic rings. The number of amides is 3. The van der Waals surface area contributed by atoms with Gasteiger partial charge in [0.05, 0.1) is 19.9 Å². The van der Waals surface area contributed by atoms with E-state index in [2.05, 4.69) is 4.90 Å². The molecule has 2 aromatic rings. The Morgan fingerprint density at radius 2 is 1.54 bits per heavy atom. The van der Waals surface area contributed by atoms with E-state index >= 15 is 0 Å². The van der Waals surface area contributed by atoms with E-state index in [1.165, 1.54) is 0 Å². The molecule has 2 aromatic carbocycles. The lowest BCUT2D eigenvalue weighted by atomic mass is 9.85. The van der Waals surface area contributed by atoms with Crippen molar-refractivity contribution in [1.82, 2.24) is 14.7 Å². The van der Waals surface area contributed by atoms with Crippen LogP contribution in [0.4, 0.5) is 5.69 Å². The van der Waals surface area contributed by atoms with Gasteiger partial charge in [0, 0.05) is 36.9 Å². The molecule has 9 nitrogen and oxygen atoms in total.